The highest BCUT2D eigenvalue weighted by atomic mass is 35.5. The molecule has 0 saturated carbocycles. The average molecular weight is 226 g/mol. The first-order chi connectivity index (χ1) is 7.13. The SMILES string of the molecule is [N-]=[N+]=N[C@@H](Cc1ccc(Cl)cc1)C(=O)O. The second-order valence-corrected chi connectivity index (χ2v) is 3.33. The molecule has 0 amide bonds. The Labute approximate surface area is 90.9 Å². The first-order valence-corrected chi connectivity index (χ1v) is 4.52. The number of carboxylic acid groups (broad SMARTS) is 1. The van der Waals surface area contributed by atoms with Crippen molar-refractivity contribution in [1.29, 1.82) is 0 Å². The second kappa shape index (κ2) is 5.24. The van der Waals surface area contributed by atoms with Crippen LogP contribution in [0.25, 0.3) is 10.4 Å². The smallest absolute Gasteiger partial charge is 0.312 e. The van der Waals surface area contributed by atoms with Crippen LogP contribution in [-0.2, 0) is 11.2 Å². The number of carboxylic acids is 1. The Bertz CT molecular complexity index is 396. The molecule has 1 N–H and O–H groups in total. The van der Waals surface area contributed by atoms with E-state index >= 15 is 0 Å². The zero-order chi connectivity index (χ0) is 11.3. The van der Waals surface area contributed by atoms with Crippen LogP contribution in [0.3, 0.4) is 0 Å². The molecule has 78 valence electrons. The summed E-state index contributed by atoms with van der Waals surface area (Å²) in [5.74, 6) is -1.14. The lowest BCUT2D eigenvalue weighted by molar-refractivity contribution is -0.138. The van der Waals surface area contributed by atoms with Crippen LogP contribution in [0.5, 0.6) is 0 Å². The lowest BCUT2D eigenvalue weighted by Crippen LogP contribution is -2.19. The number of azide groups is 1. The van der Waals surface area contributed by atoms with Crippen LogP contribution >= 0.6 is 11.6 Å². The van der Waals surface area contributed by atoms with Crippen molar-refractivity contribution < 1.29 is 9.90 Å². The maximum Gasteiger partial charge on any atom is 0.312 e. The van der Waals surface area contributed by atoms with Gasteiger partial charge in [0, 0.05) is 9.93 Å². The van der Waals surface area contributed by atoms with Gasteiger partial charge >= 0.3 is 5.97 Å². The summed E-state index contributed by atoms with van der Waals surface area (Å²) in [6.07, 6.45) is 0.163. The molecule has 1 aromatic rings. The average Bonchev–Trinajstić information content (AvgIpc) is 2.20. The number of hydrogen-bond donors (Lipinski definition) is 1. The van der Waals surface area contributed by atoms with Crippen molar-refractivity contribution in [2.45, 2.75) is 12.5 Å². The normalized spacial score (nSPS) is 11.5. The predicted molar refractivity (Wildman–Crippen MR) is 55.7 cm³/mol. The van der Waals surface area contributed by atoms with Gasteiger partial charge < -0.3 is 5.11 Å². The Morgan fingerprint density at radius 3 is 2.60 bits per heavy atom. The van der Waals surface area contributed by atoms with Crippen molar-refractivity contribution in [2.75, 3.05) is 0 Å². The van der Waals surface area contributed by atoms with E-state index in [9.17, 15) is 4.79 Å². The molecule has 0 aromatic heterocycles. The van der Waals surface area contributed by atoms with E-state index < -0.39 is 12.0 Å². The van der Waals surface area contributed by atoms with Crippen molar-refractivity contribution in [2.24, 2.45) is 5.11 Å². The molecule has 0 aliphatic heterocycles. The summed E-state index contributed by atoms with van der Waals surface area (Å²) >= 11 is 5.67. The number of nitrogens with zero attached hydrogens (tertiary/aromatic N) is 3. The Hall–Kier alpha value is -1.71. The second-order valence-electron chi connectivity index (χ2n) is 2.89. The maximum absolute atomic E-state index is 10.7. The first-order valence-electron chi connectivity index (χ1n) is 4.15. The fourth-order valence-electron chi connectivity index (χ4n) is 1.08. The van der Waals surface area contributed by atoms with E-state index in [1.807, 2.05) is 0 Å². The number of halogens is 1. The number of aliphatic carboxylic acids is 1. The highest BCUT2D eigenvalue weighted by molar-refractivity contribution is 6.30. The molecule has 0 aliphatic carbocycles. The predicted octanol–water partition coefficient (Wildman–Crippen LogP) is 2.65. The molecule has 0 unspecified atom stereocenters. The van der Waals surface area contributed by atoms with Crippen LogP contribution in [0.15, 0.2) is 29.4 Å². The molecule has 6 heteroatoms. The quantitative estimate of drug-likeness (QED) is 0.485. The molecule has 0 aliphatic rings. The van der Waals surface area contributed by atoms with E-state index in [0.717, 1.165) is 5.56 Å². The highest BCUT2D eigenvalue weighted by Gasteiger charge is 2.15. The highest BCUT2D eigenvalue weighted by Crippen LogP contribution is 2.12. The van der Waals surface area contributed by atoms with Gasteiger partial charge in [0.2, 0.25) is 0 Å². The van der Waals surface area contributed by atoms with Gasteiger partial charge in [-0.1, -0.05) is 28.8 Å². The monoisotopic (exact) mass is 225 g/mol. The van der Waals surface area contributed by atoms with E-state index in [1.54, 1.807) is 24.3 Å². The van der Waals surface area contributed by atoms with Crippen LogP contribution in [0.1, 0.15) is 5.56 Å². The molecule has 0 bridgehead atoms. The maximum atomic E-state index is 10.7. The minimum atomic E-state index is -1.14. The van der Waals surface area contributed by atoms with Gasteiger partial charge in [0.25, 0.3) is 0 Å². The summed E-state index contributed by atoms with van der Waals surface area (Å²) in [7, 11) is 0. The molecular weight excluding hydrogens is 218 g/mol. The standard InChI is InChI=1S/C9H8ClN3O2/c10-7-3-1-6(2-4-7)5-8(9(14)15)12-13-11/h1-4,8H,5H2,(H,14,15)/t8-/m0/s1. The molecule has 5 nitrogen and oxygen atoms in total. The van der Waals surface area contributed by atoms with Gasteiger partial charge in [0.1, 0.15) is 6.04 Å². The largest absolute Gasteiger partial charge is 0.481 e. The fourth-order valence-corrected chi connectivity index (χ4v) is 1.21. The summed E-state index contributed by atoms with van der Waals surface area (Å²) in [5, 5.41) is 12.5. The van der Waals surface area contributed by atoms with E-state index in [0.29, 0.717) is 5.02 Å². The van der Waals surface area contributed by atoms with Crippen molar-refractivity contribution in [3.05, 3.63) is 45.3 Å². The Balaban J connectivity index is 2.78. The third-order valence-corrected chi connectivity index (χ3v) is 2.07. The number of benzene rings is 1. The van der Waals surface area contributed by atoms with Crippen LogP contribution in [0, 0.1) is 0 Å². The molecule has 15 heavy (non-hydrogen) atoms. The fraction of sp³-hybridized carbons (Fsp3) is 0.222. The van der Waals surface area contributed by atoms with Crippen molar-refractivity contribution in [3.63, 3.8) is 0 Å². The van der Waals surface area contributed by atoms with Crippen molar-refractivity contribution in [3.8, 4) is 0 Å². The molecule has 1 atom stereocenters. The Morgan fingerprint density at radius 1 is 1.53 bits per heavy atom. The molecule has 0 radical (unpaired) electrons. The lowest BCUT2D eigenvalue weighted by Gasteiger charge is -2.05. The number of carbonyl (C=O) groups is 1. The van der Waals surface area contributed by atoms with Gasteiger partial charge in [-0.05, 0) is 29.6 Å². The van der Waals surface area contributed by atoms with Gasteiger partial charge in [0.05, 0.1) is 0 Å². The molecule has 0 spiro atoms. The van der Waals surface area contributed by atoms with E-state index in [1.165, 1.54) is 0 Å². The number of hydrogen-bond acceptors (Lipinski definition) is 2. The summed E-state index contributed by atoms with van der Waals surface area (Å²) in [6.45, 7) is 0. The third-order valence-electron chi connectivity index (χ3n) is 1.82. The van der Waals surface area contributed by atoms with E-state index in [2.05, 4.69) is 10.0 Å². The van der Waals surface area contributed by atoms with Gasteiger partial charge in [-0.3, -0.25) is 4.79 Å². The molecule has 1 rings (SSSR count). The minimum Gasteiger partial charge on any atom is -0.481 e. The van der Waals surface area contributed by atoms with Crippen molar-refractivity contribution in [1.82, 2.24) is 0 Å². The topological polar surface area (TPSA) is 86.1 Å². The number of rotatable bonds is 4. The van der Waals surface area contributed by atoms with Gasteiger partial charge in [0.15, 0.2) is 0 Å². The van der Waals surface area contributed by atoms with Gasteiger partial charge in [-0.25, -0.2) is 0 Å². The van der Waals surface area contributed by atoms with Crippen LogP contribution < -0.4 is 0 Å². The molecule has 0 fully saturated rings. The third kappa shape index (κ3) is 3.50. The molecular formula is C9H8ClN3O2. The molecule has 0 heterocycles. The minimum absolute atomic E-state index is 0.163. The van der Waals surface area contributed by atoms with E-state index in [4.69, 9.17) is 22.2 Å². The summed E-state index contributed by atoms with van der Waals surface area (Å²) in [5.41, 5.74) is 8.94. The Kier molecular flexibility index (Phi) is 3.97. The summed E-state index contributed by atoms with van der Waals surface area (Å²) < 4.78 is 0. The van der Waals surface area contributed by atoms with Gasteiger partial charge in [-0.2, -0.15) is 0 Å². The van der Waals surface area contributed by atoms with Gasteiger partial charge in [-0.15, -0.1) is 0 Å². The molecule has 0 saturated heterocycles. The van der Waals surface area contributed by atoms with Crippen LogP contribution in [-0.4, -0.2) is 17.1 Å². The zero-order valence-corrected chi connectivity index (χ0v) is 8.42. The lowest BCUT2D eigenvalue weighted by atomic mass is 10.1. The summed E-state index contributed by atoms with van der Waals surface area (Å²) in [6, 6.07) is 5.64. The van der Waals surface area contributed by atoms with Crippen LogP contribution in [0.2, 0.25) is 5.02 Å². The van der Waals surface area contributed by atoms with Crippen molar-refractivity contribution >= 4 is 17.6 Å². The van der Waals surface area contributed by atoms with E-state index in [-0.39, 0.29) is 6.42 Å². The summed E-state index contributed by atoms with van der Waals surface area (Å²) in [4.78, 5) is 13.2. The zero-order valence-electron chi connectivity index (χ0n) is 7.67. The first kappa shape index (κ1) is 11.4. The Morgan fingerprint density at radius 2 is 2.13 bits per heavy atom. The molecule has 1 aromatic carbocycles. The van der Waals surface area contributed by atoms with Crippen LogP contribution in [0.4, 0.5) is 0 Å².